The van der Waals surface area contributed by atoms with Crippen molar-refractivity contribution >= 4 is 6.03 Å². The summed E-state index contributed by atoms with van der Waals surface area (Å²) in [5.74, 6) is 0. The van der Waals surface area contributed by atoms with Gasteiger partial charge in [-0.25, -0.2) is 4.79 Å². The van der Waals surface area contributed by atoms with Crippen LogP contribution >= 0.6 is 0 Å². The van der Waals surface area contributed by atoms with Crippen LogP contribution in [0.25, 0.3) is 0 Å². The van der Waals surface area contributed by atoms with Gasteiger partial charge in [-0.3, -0.25) is 0 Å². The zero-order chi connectivity index (χ0) is 8.48. The Morgan fingerprint density at radius 3 is 2.45 bits per heavy atom. The minimum absolute atomic E-state index is 0.0827. The average molecular weight is 166 g/mol. The Morgan fingerprint density at radius 1 is 1.45 bits per heavy atom. The van der Waals surface area contributed by atoms with Gasteiger partial charge in [0.05, 0.1) is 0 Å². The van der Waals surface area contributed by atoms with Crippen molar-refractivity contribution in [1.29, 1.82) is 0 Å². The highest BCUT2D eigenvalue weighted by atomic mass is 19.4. The lowest BCUT2D eigenvalue weighted by Gasteiger charge is -2.17. The maximum Gasteiger partial charge on any atom is 0.431 e. The Bertz CT molecular complexity index is 208. The van der Waals surface area contributed by atoms with Gasteiger partial charge in [0.15, 0.2) is 0 Å². The lowest BCUT2D eigenvalue weighted by molar-refractivity contribution is -0.0960. The van der Waals surface area contributed by atoms with Gasteiger partial charge in [-0.2, -0.15) is 13.2 Å². The molecule has 0 saturated heterocycles. The van der Waals surface area contributed by atoms with Crippen LogP contribution < -0.4 is 10.6 Å². The Balaban J connectivity index is 2.73. The molecular weight excluding hydrogens is 161 g/mol. The molecule has 0 radical (unpaired) electrons. The summed E-state index contributed by atoms with van der Waals surface area (Å²) < 4.78 is 35.4. The molecule has 1 rings (SSSR count). The fourth-order valence-corrected chi connectivity index (χ4v) is 0.650. The van der Waals surface area contributed by atoms with E-state index in [-0.39, 0.29) is 6.54 Å². The monoisotopic (exact) mass is 166 g/mol. The van der Waals surface area contributed by atoms with Gasteiger partial charge in [0.25, 0.3) is 0 Å². The van der Waals surface area contributed by atoms with Crippen LogP contribution in [-0.4, -0.2) is 18.8 Å². The fraction of sp³-hybridized carbons (Fsp3) is 0.400. The number of hydrogen-bond donors (Lipinski definition) is 2. The molecule has 1 heterocycles. The third kappa shape index (κ3) is 1.86. The van der Waals surface area contributed by atoms with E-state index in [0.717, 1.165) is 6.08 Å². The van der Waals surface area contributed by atoms with E-state index < -0.39 is 17.9 Å². The van der Waals surface area contributed by atoms with Gasteiger partial charge in [-0.1, -0.05) is 0 Å². The second-order valence-electron chi connectivity index (χ2n) is 1.95. The molecule has 0 atom stereocenters. The molecule has 2 amide bonds. The van der Waals surface area contributed by atoms with Gasteiger partial charge in [-0.05, 0) is 6.08 Å². The second-order valence-corrected chi connectivity index (χ2v) is 1.95. The molecule has 2 N–H and O–H groups in total. The normalized spacial score (nSPS) is 18.5. The maximum atomic E-state index is 11.8. The summed E-state index contributed by atoms with van der Waals surface area (Å²) in [6.45, 7) is -0.0827. The topological polar surface area (TPSA) is 41.1 Å². The SMILES string of the molecule is O=C1NCC=C(C(F)(F)F)N1. The molecule has 1 aliphatic rings. The van der Waals surface area contributed by atoms with Crippen LogP contribution in [0.3, 0.4) is 0 Å². The Labute approximate surface area is 60.3 Å². The summed E-state index contributed by atoms with van der Waals surface area (Å²) in [5.41, 5.74) is -0.999. The van der Waals surface area contributed by atoms with Gasteiger partial charge in [0.2, 0.25) is 0 Å². The Morgan fingerprint density at radius 2 is 2.09 bits per heavy atom. The van der Waals surface area contributed by atoms with E-state index in [9.17, 15) is 18.0 Å². The summed E-state index contributed by atoms with van der Waals surface area (Å²) in [5, 5.41) is 3.80. The predicted molar refractivity (Wildman–Crippen MR) is 30.7 cm³/mol. The summed E-state index contributed by atoms with van der Waals surface area (Å²) in [7, 11) is 0. The number of allylic oxidation sites excluding steroid dienone is 1. The van der Waals surface area contributed by atoms with Gasteiger partial charge in [-0.15, -0.1) is 0 Å². The van der Waals surface area contributed by atoms with Crippen LogP contribution in [0.5, 0.6) is 0 Å². The van der Waals surface area contributed by atoms with Crippen LogP contribution in [0.4, 0.5) is 18.0 Å². The Hall–Kier alpha value is -1.20. The van der Waals surface area contributed by atoms with E-state index in [0.29, 0.717) is 0 Å². The van der Waals surface area contributed by atoms with Gasteiger partial charge < -0.3 is 10.6 Å². The number of halogens is 3. The van der Waals surface area contributed by atoms with Crippen LogP contribution in [0.2, 0.25) is 0 Å². The third-order valence-corrected chi connectivity index (χ3v) is 1.12. The smallest absolute Gasteiger partial charge is 0.334 e. The van der Waals surface area contributed by atoms with E-state index in [1.807, 2.05) is 0 Å². The number of alkyl halides is 3. The average Bonchev–Trinajstić information content (AvgIpc) is 1.86. The van der Waals surface area contributed by atoms with Gasteiger partial charge in [0, 0.05) is 6.54 Å². The second kappa shape index (κ2) is 2.44. The molecule has 0 saturated carbocycles. The molecule has 1 aliphatic heterocycles. The van der Waals surface area contributed by atoms with E-state index in [1.165, 1.54) is 0 Å². The first-order chi connectivity index (χ1) is 5.00. The fourth-order valence-electron chi connectivity index (χ4n) is 0.650. The van der Waals surface area contributed by atoms with Crippen LogP contribution in [0.1, 0.15) is 0 Å². The van der Waals surface area contributed by atoms with Crippen LogP contribution in [0.15, 0.2) is 11.8 Å². The Kier molecular flexibility index (Phi) is 1.76. The summed E-state index contributed by atoms with van der Waals surface area (Å²) in [6, 6.07) is -0.820. The molecule has 0 fully saturated rings. The van der Waals surface area contributed by atoms with Crippen molar-refractivity contribution in [2.24, 2.45) is 0 Å². The number of amides is 2. The quantitative estimate of drug-likeness (QED) is 0.547. The zero-order valence-corrected chi connectivity index (χ0v) is 5.33. The molecule has 11 heavy (non-hydrogen) atoms. The number of urea groups is 1. The van der Waals surface area contributed by atoms with Crippen molar-refractivity contribution in [3.63, 3.8) is 0 Å². The number of hydrogen-bond acceptors (Lipinski definition) is 1. The molecular formula is C5H5F3N2O. The van der Waals surface area contributed by atoms with E-state index in [4.69, 9.17) is 0 Å². The highest BCUT2D eigenvalue weighted by Crippen LogP contribution is 2.23. The van der Waals surface area contributed by atoms with Gasteiger partial charge >= 0.3 is 12.2 Å². The largest absolute Gasteiger partial charge is 0.431 e. The van der Waals surface area contributed by atoms with Crippen molar-refractivity contribution in [3.8, 4) is 0 Å². The summed E-state index contributed by atoms with van der Waals surface area (Å²) >= 11 is 0. The van der Waals surface area contributed by atoms with Gasteiger partial charge in [0.1, 0.15) is 5.70 Å². The molecule has 0 unspecified atom stereocenters. The van der Waals surface area contributed by atoms with E-state index in [1.54, 1.807) is 5.32 Å². The first-order valence-corrected chi connectivity index (χ1v) is 2.82. The zero-order valence-electron chi connectivity index (χ0n) is 5.33. The number of carbonyl (C=O) groups excluding carboxylic acids is 1. The minimum atomic E-state index is -4.46. The molecule has 0 aromatic rings. The molecule has 0 aromatic carbocycles. The standard InChI is InChI=1S/C5H5F3N2O/c6-5(7,8)3-1-2-9-4(11)10-3/h1H,2H2,(H2,9,10,11). The highest BCUT2D eigenvalue weighted by molar-refractivity contribution is 5.77. The molecule has 0 spiro atoms. The third-order valence-electron chi connectivity index (χ3n) is 1.12. The lowest BCUT2D eigenvalue weighted by atomic mass is 10.3. The van der Waals surface area contributed by atoms with Crippen LogP contribution in [0, 0.1) is 0 Å². The highest BCUT2D eigenvalue weighted by Gasteiger charge is 2.35. The molecule has 0 bridgehead atoms. The molecule has 0 aliphatic carbocycles. The molecule has 0 aromatic heterocycles. The minimum Gasteiger partial charge on any atom is -0.334 e. The van der Waals surface area contributed by atoms with E-state index >= 15 is 0 Å². The van der Waals surface area contributed by atoms with Crippen molar-refractivity contribution in [3.05, 3.63) is 11.8 Å². The molecule has 6 heteroatoms. The molecule has 3 nitrogen and oxygen atoms in total. The van der Waals surface area contributed by atoms with Crippen molar-refractivity contribution < 1.29 is 18.0 Å². The predicted octanol–water partition coefficient (Wildman–Crippen LogP) is 0.745. The summed E-state index contributed by atoms with van der Waals surface area (Å²) in [4.78, 5) is 10.4. The van der Waals surface area contributed by atoms with E-state index in [2.05, 4.69) is 5.32 Å². The van der Waals surface area contributed by atoms with Crippen molar-refractivity contribution in [1.82, 2.24) is 10.6 Å². The van der Waals surface area contributed by atoms with Crippen molar-refractivity contribution in [2.75, 3.05) is 6.54 Å². The molecule has 62 valence electrons. The van der Waals surface area contributed by atoms with Crippen molar-refractivity contribution in [2.45, 2.75) is 6.18 Å². The first-order valence-electron chi connectivity index (χ1n) is 2.82. The van der Waals surface area contributed by atoms with Crippen LogP contribution in [-0.2, 0) is 0 Å². The number of nitrogens with one attached hydrogen (secondary N) is 2. The number of rotatable bonds is 0. The first kappa shape index (κ1) is 7.90. The summed E-state index contributed by atoms with van der Waals surface area (Å²) in [6.07, 6.45) is -3.58. The number of carbonyl (C=O) groups is 1. The lowest BCUT2D eigenvalue weighted by Crippen LogP contribution is -2.43. The maximum absolute atomic E-state index is 11.8.